The van der Waals surface area contributed by atoms with Gasteiger partial charge in [0.05, 0.1) is 18.1 Å². The van der Waals surface area contributed by atoms with Crippen LogP contribution in [0.3, 0.4) is 0 Å². The van der Waals surface area contributed by atoms with E-state index in [9.17, 15) is 10.1 Å². The number of rotatable bonds is 3. The minimum Gasteiger partial charge on any atom is -0.496 e. The molecule has 1 aromatic rings. The van der Waals surface area contributed by atoms with Gasteiger partial charge >= 0.3 is 0 Å². The van der Waals surface area contributed by atoms with Crippen molar-refractivity contribution in [2.75, 3.05) is 31.6 Å². The number of non-ortho nitro benzene ring substituents is 1. The van der Waals surface area contributed by atoms with Crippen LogP contribution in [-0.4, -0.2) is 37.7 Å². The number of hydrogen-bond donors (Lipinski definition) is 1. The third-order valence-electron chi connectivity index (χ3n) is 4.29. The lowest BCUT2D eigenvalue weighted by Gasteiger charge is -2.24. The summed E-state index contributed by atoms with van der Waals surface area (Å²) < 4.78 is 5.18. The SMILES string of the molecule is COc1cc(N2C[C@@H]3CCCN[C@@H]3C2)cc([N+](=O)[O-])c1. The summed E-state index contributed by atoms with van der Waals surface area (Å²) in [6.07, 6.45) is 2.45. The van der Waals surface area contributed by atoms with Gasteiger partial charge < -0.3 is 15.0 Å². The summed E-state index contributed by atoms with van der Waals surface area (Å²) in [7, 11) is 1.54. The second-order valence-electron chi connectivity index (χ2n) is 5.51. The zero-order valence-electron chi connectivity index (χ0n) is 11.5. The molecule has 2 aliphatic rings. The molecule has 0 aliphatic carbocycles. The number of methoxy groups -OCH3 is 1. The Bertz CT molecular complexity index is 506. The lowest BCUT2D eigenvalue weighted by Crippen LogP contribution is -2.40. The molecule has 0 bridgehead atoms. The van der Waals surface area contributed by atoms with Crippen molar-refractivity contribution < 1.29 is 9.66 Å². The van der Waals surface area contributed by atoms with Crippen LogP contribution in [-0.2, 0) is 0 Å². The van der Waals surface area contributed by atoms with E-state index >= 15 is 0 Å². The molecule has 2 aliphatic heterocycles. The van der Waals surface area contributed by atoms with Gasteiger partial charge in [-0.05, 0) is 25.3 Å². The Morgan fingerprint density at radius 2 is 2.25 bits per heavy atom. The zero-order valence-corrected chi connectivity index (χ0v) is 11.5. The predicted octanol–water partition coefficient (Wildman–Crippen LogP) is 1.79. The molecule has 2 heterocycles. The molecule has 108 valence electrons. The highest BCUT2D eigenvalue weighted by molar-refractivity contribution is 5.59. The minimum atomic E-state index is -0.368. The highest BCUT2D eigenvalue weighted by Gasteiger charge is 2.34. The van der Waals surface area contributed by atoms with Crippen LogP contribution in [0.1, 0.15) is 12.8 Å². The summed E-state index contributed by atoms with van der Waals surface area (Å²) in [5.41, 5.74) is 0.967. The van der Waals surface area contributed by atoms with Gasteiger partial charge in [0.25, 0.3) is 5.69 Å². The lowest BCUT2D eigenvalue weighted by molar-refractivity contribution is -0.384. The minimum absolute atomic E-state index is 0.0854. The van der Waals surface area contributed by atoms with E-state index in [1.165, 1.54) is 26.0 Å². The number of nitrogens with zero attached hydrogens (tertiary/aromatic N) is 2. The number of piperidine rings is 1. The Labute approximate surface area is 117 Å². The smallest absolute Gasteiger partial charge is 0.275 e. The number of nitrogens with one attached hydrogen (secondary N) is 1. The van der Waals surface area contributed by atoms with Crippen molar-refractivity contribution in [3.63, 3.8) is 0 Å². The molecule has 0 amide bonds. The van der Waals surface area contributed by atoms with Crippen molar-refractivity contribution in [1.82, 2.24) is 5.32 Å². The van der Waals surface area contributed by atoms with Crippen LogP contribution in [0, 0.1) is 16.0 Å². The fourth-order valence-electron chi connectivity index (χ4n) is 3.23. The molecule has 0 radical (unpaired) electrons. The van der Waals surface area contributed by atoms with Crippen LogP contribution in [0.4, 0.5) is 11.4 Å². The van der Waals surface area contributed by atoms with Crippen molar-refractivity contribution in [3.8, 4) is 5.75 Å². The summed E-state index contributed by atoms with van der Waals surface area (Å²) in [5.74, 6) is 1.19. The number of anilines is 1. The maximum absolute atomic E-state index is 11.0. The third-order valence-corrected chi connectivity index (χ3v) is 4.29. The van der Waals surface area contributed by atoms with Crippen molar-refractivity contribution in [3.05, 3.63) is 28.3 Å². The number of nitro groups is 1. The van der Waals surface area contributed by atoms with Gasteiger partial charge in [-0.1, -0.05) is 0 Å². The van der Waals surface area contributed by atoms with Crippen molar-refractivity contribution in [2.24, 2.45) is 5.92 Å². The summed E-state index contributed by atoms with van der Waals surface area (Å²) in [6.45, 7) is 2.95. The molecule has 2 saturated heterocycles. The number of nitro benzene ring substituents is 1. The van der Waals surface area contributed by atoms with E-state index in [4.69, 9.17) is 4.74 Å². The van der Waals surface area contributed by atoms with Crippen LogP contribution < -0.4 is 15.0 Å². The van der Waals surface area contributed by atoms with E-state index in [0.717, 1.165) is 25.3 Å². The second-order valence-corrected chi connectivity index (χ2v) is 5.51. The molecule has 20 heavy (non-hydrogen) atoms. The average molecular weight is 277 g/mol. The maximum Gasteiger partial charge on any atom is 0.275 e. The first kappa shape index (κ1) is 13.2. The van der Waals surface area contributed by atoms with Gasteiger partial charge in [-0.15, -0.1) is 0 Å². The topological polar surface area (TPSA) is 67.6 Å². The first-order valence-electron chi connectivity index (χ1n) is 6.99. The molecule has 2 fully saturated rings. The Balaban J connectivity index is 1.86. The van der Waals surface area contributed by atoms with Crippen LogP contribution in [0.25, 0.3) is 0 Å². The molecule has 0 unspecified atom stereocenters. The standard InChI is InChI=1S/C14H19N3O3/c1-20-13-6-11(5-12(7-13)17(18)19)16-8-10-3-2-4-15-14(10)9-16/h5-7,10,14-15H,2-4,8-9H2,1H3/t10-,14+/m0/s1. The van der Waals surface area contributed by atoms with Gasteiger partial charge in [0, 0.05) is 37.0 Å². The van der Waals surface area contributed by atoms with Crippen molar-refractivity contribution >= 4 is 11.4 Å². The molecule has 6 nitrogen and oxygen atoms in total. The van der Waals surface area contributed by atoms with Gasteiger partial charge in [-0.25, -0.2) is 0 Å². The fourth-order valence-corrected chi connectivity index (χ4v) is 3.23. The van der Waals surface area contributed by atoms with E-state index in [1.54, 1.807) is 6.07 Å². The zero-order chi connectivity index (χ0) is 14.1. The van der Waals surface area contributed by atoms with Crippen molar-refractivity contribution in [2.45, 2.75) is 18.9 Å². The Kier molecular flexibility index (Phi) is 3.48. The first-order valence-corrected chi connectivity index (χ1v) is 6.99. The van der Waals surface area contributed by atoms with Gasteiger partial charge in [0.1, 0.15) is 5.75 Å². The molecule has 1 aromatic carbocycles. The highest BCUT2D eigenvalue weighted by atomic mass is 16.6. The summed E-state index contributed by atoms with van der Waals surface area (Å²) in [6, 6.07) is 5.49. The predicted molar refractivity (Wildman–Crippen MR) is 76.4 cm³/mol. The molecule has 0 aromatic heterocycles. The van der Waals surface area contributed by atoms with Gasteiger partial charge in [-0.3, -0.25) is 10.1 Å². The molecule has 1 N–H and O–H groups in total. The molecule has 0 spiro atoms. The molecular formula is C14H19N3O3. The molecule has 6 heteroatoms. The van der Waals surface area contributed by atoms with Crippen LogP contribution >= 0.6 is 0 Å². The van der Waals surface area contributed by atoms with Crippen molar-refractivity contribution in [1.29, 1.82) is 0 Å². The average Bonchev–Trinajstić information content (AvgIpc) is 2.90. The number of benzene rings is 1. The molecule has 2 atom stereocenters. The maximum atomic E-state index is 11.0. The summed E-state index contributed by atoms with van der Waals surface area (Å²) in [4.78, 5) is 12.9. The quantitative estimate of drug-likeness (QED) is 0.674. The number of fused-ring (bicyclic) bond motifs is 1. The second kappa shape index (κ2) is 5.28. The monoisotopic (exact) mass is 277 g/mol. The van der Waals surface area contributed by atoms with Crippen LogP contribution in [0.15, 0.2) is 18.2 Å². The fraction of sp³-hybridized carbons (Fsp3) is 0.571. The Hall–Kier alpha value is -1.82. The van der Waals surface area contributed by atoms with E-state index in [2.05, 4.69) is 10.2 Å². The van der Waals surface area contributed by atoms with Gasteiger partial charge in [0.2, 0.25) is 0 Å². The van der Waals surface area contributed by atoms with E-state index < -0.39 is 0 Å². The lowest BCUT2D eigenvalue weighted by atomic mass is 9.94. The van der Waals surface area contributed by atoms with E-state index in [-0.39, 0.29) is 10.6 Å². The number of ether oxygens (including phenoxy) is 1. The van der Waals surface area contributed by atoms with E-state index in [0.29, 0.717) is 17.7 Å². The molecule has 3 rings (SSSR count). The first-order chi connectivity index (χ1) is 9.67. The van der Waals surface area contributed by atoms with Gasteiger partial charge in [0.15, 0.2) is 0 Å². The molecular weight excluding hydrogens is 258 g/mol. The normalized spacial score (nSPS) is 25.4. The largest absolute Gasteiger partial charge is 0.496 e. The number of hydrogen-bond acceptors (Lipinski definition) is 5. The summed E-state index contributed by atoms with van der Waals surface area (Å²) >= 11 is 0. The van der Waals surface area contributed by atoms with E-state index in [1.807, 2.05) is 6.07 Å². The molecule has 0 saturated carbocycles. The van der Waals surface area contributed by atoms with Crippen LogP contribution in [0.2, 0.25) is 0 Å². The third kappa shape index (κ3) is 2.43. The highest BCUT2D eigenvalue weighted by Crippen LogP contribution is 2.33. The Morgan fingerprint density at radius 3 is 2.95 bits per heavy atom. The van der Waals surface area contributed by atoms with Crippen LogP contribution in [0.5, 0.6) is 5.75 Å². The Morgan fingerprint density at radius 1 is 1.40 bits per heavy atom. The summed E-state index contributed by atoms with van der Waals surface area (Å²) in [5, 5.41) is 14.5. The van der Waals surface area contributed by atoms with Gasteiger partial charge in [-0.2, -0.15) is 0 Å².